The number of nitrogens with one attached hydrogen (secondary N) is 1. The predicted octanol–water partition coefficient (Wildman–Crippen LogP) is 6.10. The van der Waals surface area contributed by atoms with Crippen molar-refractivity contribution in [3.05, 3.63) is 51.8 Å². The van der Waals surface area contributed by atoms with Crippen molar-refractivity contribution in [3.8, 4) is 17.7 Å². The first kappa shape index (κ1) is 21.9. The third kappa shape index (κ3) is 4.90. The largest absolute Gasteiger partial charge is 0.448 e. The molecule has 0 aliphatic carbocycles. The number of hydrogen-bond donors (Lipinski definition) is 1. The number of hydrogen-bond acceptors (Lipinski definition) is 4. The zero-order chi connectivity index (χ0) is 21.1. The lowest BCUT2D eigenvalue weighted by Gasteiger charge is -2.14. The summed E-state index contributed by atoms with van der Waals surface area (Å²) in [4.78, 5) is 3.98. The summed E-state index contributed by atoms with van der Waals surface area (Å²) in [5.41, 5.74) is -1.69. The van der Waals surface area contributed by atoms with Crippen molar-refractivity contribution < 1.29 is 31.1 Å². The number of nitrogens with zero attached hydrogens (tertiary/aromatic N) is 2. The molecule has 0 aliphatic rings. The highest BCUT2D eigenvalue weighted by Crippen LogP contribution is 2.43. The Bertz CT molecular complexity index is 951. The van der Waals surface area contributed by atoms with Gasteiger partial charge in [0.2, 0.25) is 0 Å². The average Bonchev–Trinajstić information content (AvgIpc) is 2.61. The van der Waals surface area contributed by atoms with Crippen molar-refractivity contribution in [2.75, 3.05) is 6.26 Å². The monoisotopic (exact) mass is 483 g/mol. The molecule has 1 N–H and O–H groups in total. The van der Waals surface area contributed by atoms with E-state index >= 15 is 0 Å². The summed E-state index contributed by atoms with van der Waals surface area (Å²) in [5.74, 6) is -5.82. The Morgan fingerprint density at radius 1 is 1.14 bits per heavy atom. The summed E-state index contributed by atoms with van der Waals surface area (Å²) < 4.78 is 84.7. The molecular weight excluding hydrogens is 476 g/mol. The Balaban J connectivity index is 2.58. The summed E-state index contributed by atoms with van der Waals surface area (Å²) in [7, 11) is 0. The Morgan fingerprint density at radius 3 is 2.25 bits per heavy atom. The van der Waals surface area contributed by atoms with Crippen molar-refractivity contribution >= 4 is 38.5 Å². The van der Waals surface area contributed by atoms with Crippen molar-refractivity contribution in [3.63, 3.8) is 0 Å². The number of nitriles is 1. The van der Waals surface area contributed by atoms with Gasteiger partial charge in [0.15, 0.2) is 34.5 Å². The van der Waals surface area contributed by atoms with Gasteiger partial charge in [-0.15, -0.1) is 0 Å². The van der Waals surface area contributed by atoms with Crippen molar-refractivity contribution in [2.24, 2.45) is 4.99 Å². The minimum absolute atomic E-state index is 0.0547. The fourth-order valence-electron chi connectivity index (χ4n) is 1.91. The number of alkyl halides is 3. The molecule has 0 heterocycles. The molecule has 0 fully saturated rings. The minimum atomic E-state index is -4.97. The van der Waals surface area contributed by atoms with Gasteiger partial charge >= 0.3 is 6.18 Å². The van der Waals surface area contributed by atoms with Gasteiger partial charge < -0.3 is 4.74 Å². The van der Waals surface area contributed by atoms with Gasteiger partial charge in [0.25, 0.3) is 0 Å². The maximum atomic E-state index is 14.1. The predicted molar refractivity (Wildman–Crippen MR) is 94.9 cm³/mol. The number of halogens is 7. The minimum Gasteiger partial charge on any atom is -0.448 e. The van der Waals surface area contributed by atoms with Gasteiger partial charge in [-0.1, -0.05) is 11.8 Å². The van der Waals surface area contributed by atoms with Gasteiger partial charge in [0, 0.05) is 0 Å². The van der Waals surface area contributed by atoms with E-state index in [0.717, 1.165) is 23.9 Å². The average molecular weight is 484 g/mol. The summed E-state index contributed by atoms with van der Waals surface area (Å²) in [6, 6.07) is 2.18. The lowest BCUT2D eigenvalue weighted by Crippen LogP contribution is -2.12. The topological polar surface area (TPSA) is 57.4 Å². The van der Waals surface area contributed by atoms with Gasteiger partial charge in [-0.05, 0) is 46.5 Å². The van der Waals surface area contributed by atoms with Gasteiger partial charge in [-0.3, -0.25) is 5.32 Å². The number of thioether (sulfide) groups is 1. The van der Waals surface area contributed by atoms with Crippen LogP contribution in [0, 0.1) is 28.9 Å². The first-order chi connectivity index (χ1) is 13.1. The molecule has 0 aliphatic heterocycles. The fraction of sp³-hybridized carbons (Fsp3) is 0.125. The molecule has 0 saturated carbocycles. The summed E-state index contributed by atoms with van der Waals surface area (Å²) in [6.45, 7) is 0. The quantitative estimate of drug-likeness (QED) is 0.188. The summed E-state index contributed by atoms with van der Waals surface area (Å²) >= 11 is 3.85. The SMILES string of the molecule is CSC(=Nc1ccc(F)c(Br)c1Oc1c(F)cc(C(F)(F)F)cc1F)NC#N. The van der Waals surface area contributed by atoms with Crippen LogP contribution in [0.1, 0.15) is 5.56 Å². The van der Waals surface area contributed by atoms with E-state index in [1.54, 1.807) is 12.4 Å². The standard InChI is InChI=1S/C16H8BrF6N3OS/c1-28-15(25-6-24)26-11-3-2-8(18)12(17)14(11)27-13-9(19)4-7(5-10(13)20)16(21,22)23/h2-5H,1H3,(H,25,26). The van der Waals surface area contributed by atoms with Crippen LogP contribution in [-0.4, -0.2) is 11.4 Å². The Kier molecular flexibility index (Phi) is 6.84. The second-order valence-corrected chi connectivity index (χ2v) is 6.52. The molecule has 2 aromatic rings. The van der Waals surface area contributed by atoms with Crippen LogP contribution in [0.2, 0.25) is 0 Å². The first-order valence-electron chi connectivity index (χ1n) is 7.08. The smallest absolute Gasteiger partial charge is 0.416 e. The first-order valence-corrected chi connectivity index (χ1v) is 9.10. The Morgan fingerprint density at radius 2 is 1.75 bits per heavy atom. The number of ether oxygens (including phenoxy) is 1. The molecule has 0 aromatic heterocycles. The molecular formula is C16H8BrF6N3OS. The van der Waals surface area contributed by atoms with Crippen molar-refractivity contribution in [1.29, 1.82) is 5.26 Å². The van der Waals surface area contributed by atoms with E-state index in [0.29, 0.717) is 0 Å². The van der Waals surface area contributed by atoms with E-state index in [2.05, 4.69) is 26.2 Å². The third-order valence-electron chi connectivity index (χ3n) is 3.14. The van der Waals surface area contributed by atoms with E-state index in [9.17, 15) is 26.3 Å². The molecule has 0 atom stereocenters. The van der Waals surface area contributed by atoms with Gasteiger partial charge in [-0.2, -0.15) is 18.4 Å². The molecule has 2 aromatic carbocycles. The van der Waals surface area contributed by atoms with E-state index < -0.39 is 40.7 Å². The molecule has 0 unspecified atom stereocenters. The fourth-order valence-corrected chi connectivity index (χ4v) is 2.67. The molecule has 28 heavy (non-hydrogen) atoms. The molecule has 148 valence electrons. The van der Waals surface area contributed by atoms with E-state index in [-0.39, 0.29) is 27.5 Å². The highest BCUT2D eigenvalue weighted by Gasteiger charge is 2.33. The van der Waals surface area contributed by atoms with Gasteiger partial charge in [0.1, 0.15) is 11.5 Å². The lowest BCUT2D eigenvalue weighted by molar-refractivity contribution is -0.138. The number of amidine groups is 1. The van der Waals surface area contributed by atoms with E-state index in [4.69, 9.17) is 10.00 Å². The van der Waals surface area contributed by atoms with Gasteiger partial charge in [0.05, 0.1) is 10.0 Å². The highest BCUT2D eigenvalue weighted by atomic mass is 79.9. The van der Waals surface area contributed by atoms with Crippen LogP contribution in [0.25, 0.3) is 0 Å². The summed E-state index contributed by atoms with van der Waals surface area (Å²) in [5, 5.41) is 11.0. The van der Waals surface area contributed by atoms with Crippen LogP contribution >= 0.6 is 27.7 Å². The zero-order valence-corrected chi connectivity index (χ0v) is 16.1. The molecule has 0 radical (unpaired) electrons. The van der Waals surface area contributed by atoms with E-state index in [1.165, 1.54) is 0 Å². The molecule has 0 amide bonds. The highest BCUT2D eigenvalue weighted by molar-refractivity contribution is 9.10. The molecule has 4 nitrogen and oxygen atoms in total. The molecule has 2 rings (SSSR count). The molecule has 0 saturated heterocycles. The molecule has 0 spiro atoms. The van der Waals surface area contributed by atoms with Crippen LogP contribution in [0.15, 0.2) is 33.7 Å². The zero-order valence-electron chi connectivity index (χ0n) is 13.7. The van der Waals surface area contributed by atoms with E-state index in [1.807, 2.05) is 0 Å². The Hall–Kier alpha value is -2.39. The second kappa shape index (κ2) is 8.74. The summed E-state index contributed by atoms with van der Waals surface area (Å²) in [6.07, 6.45) is -1.78. The van der Waals surface area contributed by atoms with Crippen molar-refractivity contribution in [1.82, 2.24) is 5.32 Å². The normalized spacial score (nSPS) is 11.9. The number of rotatable bonds is 3. The van der Waals surface area contributed by atoms with Crippen LogP contribution < -0.4 is 10.1 Å². The maximum Gasteiger partial charge on any atom is 0.416 e. The number of benzene rings is 2. The second-order valence-electron chi connectivity index (χ2n) is 4.94. The Labute approximate surface area is 167 Å². The third-order valence-corrected chi connectivity index (χ3v) is 4.46. The van der Waals surface area contributed by atoms with Crippen molar-refractivity contribution in [2.45, 2.75) is 6.18 Å². The maximum absolute atomic E-state index is 14.1. The lowest BCUT2D eigenvalue weighted by atomic mass is 10.2. The van der Waals surface area contributed by atoms with Crippen LogP contribution in [0.3, 0.4) is 0 Å². The van der Waals surface area contributed by atoms with Crippen LogP contribution in [0.5, 0.6) is 11.5 Å². The van der Waals surface area contributed by atoms with Crippen LogP contribution in [0.4, 0.5) is 32.0 Å². The van der Waals surface area contributed by atoms with Crippen LogP contribution in [-0.2, 0) is 6.18 Å². The van der Waals surface area contributed by atoms with Gasteiger partial charge in [-0.25, -0.2) is 18.2 Å². The number of aliphatic imine (C=N–C) groups is 1. The molecule has 12 heteroatoms. The molecule has 0 bridgehead atoms.